The molecule has 0 heterocycles. The zero-order valence-electron chi connectivity index (χ0n) is 4.96. The Bertz CT molecular complexity index is 57.2. The molecular weight excluding hydrogens is 106 g/mol. The van der Waals surface area contributed by atoms with Crippen molar-refractivity contribution in [3.63, 3.8) is 0 Å². The predicted octanol–water partition coefficient (Wildman–Crippen LogP) is -1.84. The van der Waals surface area contributed by atoms with E-state index < -0.39 is 6.10 Å². The van der Waals surface area contributed by atoms with Crippen molar-refractivity contribution in [3.05, 3.63) is 0 Å². The molecular formula is C4H13N3O. The summed E-state index contributed by atoms with van der Waals surface area (Å²) < 4.78 is 0. The Labute approximate surface area is 48.8 Å². The third-order valence-electron chi connectivity index (χ3n) is 0.973. The molecule has 0 fully saturated rings. The zero-order chi connectivity index (χ0) is 6.57. The molecule has 4 nitrogen and oxygen atoms in total. The number of nitrogens with one attached hydrogen (secondary N) is 1. The van der Waals surface area contributed by atoms with E-state index in [1.54, 1.807) is 6.92 Å². The van der Waals surface area contributed by atoms with E-state index >= 15 is 0 Å². The molecule has 0 radical (unpaired) electrons. The lowest BCUT2D eigenvalue weighted by atomic mass is 10.2. The van der Waals surface area contributed by atoms with Crippen molar-refractivity contribution in [1.29, 1.82) is 0 Å². The Hall–Kier alpha value is -0.160. The summed E-state index contributed by atoms with van der Waals surface area (Å²) in [4.78, 5) is 0. The summed E-state index contributed by atoms with van der Waals surface area (Å²) >= 11 is 0. The first-order chi connectivity index (χ1) is 3.68. The highest BCUT2D eigenvalue weighted by Gasteiger charge is 2.05. The van der Waals surface area contributed by atoms with Gasteiger partial charge >= 0.3 is 0 Å². The second-order valence-corrected chi connectivity index (χ2v) is 1.81. The Kier molecular flexibility index (Phi) is 3.72. The van der Waals surface area contributed by atoms with E-state index in [1.165, 1.54) is 0 Å². The number of nitrogens with two attached hydrogens (primary N) is 2. The van der Waals surface area contributed by atoms with Crippen LogP contribution < -0.4 is 17.0 Å². The van der Waals surface area contributed by atoms with Crippen LogP contribution in [-0.4, -0.2) is 23.8 Å². The van der Waals surface area contributed by atoms with Gasteiger partial charge in [0, 0.05) is 12.6 Å². The normalized spacial score (nSPS) is 18.0. The molecule has 8 heavy (non-hydrogen) atoms. The van der Waals surface area contributed by atoms with Crippen LogP contribution in [0.15, 0.2) is 0 Å². The number of rotatable bonds is 3. The van der Waals surface area contributed by atoms with Gasteiger partial charge in [-0.1, -0.05) is 0 Å². The lowest BCUT2D eigenvalue weighted by Crippen LogP contribution is -2.43. The number of hydrazine groups is 1. The van der Waals surface area contributed by atoms with Crippen molar-refractivity contribution < 1.29 is 5.11 Å². The van der Waals surface area contributed by atoms with Crippen LogP contribution in [0.3, 0.4) is 0 Å². The first kappa shape index (κ1) is 7.84. The first-order valence-electron chi connectivity index (χ1n) is 2.55. The number of hydrogen-bond donors (Lipinski definition) is 4. The SMILES string of the molecule is CC(O)C(N)CNN. The van der Waals surface area contributed by atoms with Gasteiger partial charge in [-0.3, -0.25) is 11.3 Å². The molecule has 0 aromatic carbocycles. The number of aliphatic hydroxyl groups is 1. The molecule has 0 amide bonds. The molecule has 2 atom stereocenters. The van der Waals surface area contributed by atoms with E-state index in [0.717, 1.165) is 0 Å². The van der Waals surface area contributed by atoms with Crippen LogP contribution in [0.25, 0.3) is 0 Å². The summed E-state index contributed by atoms with van der Waals surface area (Å²) in [5, 5.41) is 8.73. The van der Waals surface area contributed by atoms with Gasteiger partial charge in [0.15, 0.2) is 0 Å². The molecule has 6 N–H and O–H groups in total. The highest BCUT2D eigenvalue weighted by molar-refractivity contribution is 4.67. The fraction of sp³-hybridized carbons (Fsp3) is 1.00. The third-order valence-corrected chi connectivity index (χ3v) is 0.973. The summed E-state index contributed by atoms with van der Waals surface area (Å²) in [6.07, 6.45) is -0.494. The zero-order valence-corrected chi connectivity index (χ0v) is 4.96. The van der Waals surface area contributed by atoms with E-state index in [-0.39, 0.29) is 6.04 Å². The maximum atomic E-state index is 8.73. The largest absolute Gasteiger partial charge is 0.392 e. The molecule has 0 spiro atoms. The standard InChI is InChI=1S/C4H13N3O/c1-3(8)4(5)2-7-6/h3-4,7-8H,2,5-6H2,1H3. The van der Waals surface area contributed by atoms with Gasteiger partial charge in [0.2, 0.25) is 0 Å². The van der Waals surface area contributed by atoms with Crippen molar-refractivity contribution in [1.82, 2.24) is 5.43 Å². The minimum Gasteiger partial charge on any atom is -0.392 e. The highest BCUT2D eigenvalue weighted by Crippen LogP contribution is 1.83. The molecule has 0 aromatic heterocycles. The van der Waals surface area contributed by atoms with Crippen molar-refractivity contribution in [3.8, 4) is 0 Å². The second kappa shape index (κ2) is 3.80. The second-order valence-electron chi connectivity index (χ2n) is 1.81. The van der Waals surface area contributed by atoms with Crippen LogP contribution in [-0.2, 0) is 0 Å². The van der Waals surface area contributed by atoms with Crippen LogP contribution in [0.2, 0.25) is 0 Å². The molecule has 0 saturated carbocycles. The molecule has 0 aromatic rings. The quantitative estimate of drug-likeness (QED) is 0.260. The minimum absolute atomic E-state index is 0.264. The molecule has 0 aliphatic carbocycles. The Morgan fingerprint density at radius 2 is 2.25 bits per heavy atom. The van der Waals surface area contributed by atoms with Crippen molar-refractivity contribution in [2.45, 2.75) is 19.1 Å². The number of aliphatic hydroxyl groups excluding tert-OH is 1. The van der Waals surface area contributed by atoms with E-state index in [2.05, 4.69) is 5.43 Å². The van der Waals surface area contributed by atoms with E-state index in [0.29, 0.717) is 6.54 Å². The highest BCUT2D eigenvalue weighted by atomic mass is 16.3. The van der Waals surface area contributed by atoms with Gasteiger partial charge < -0.3 is 10.8 Å². The monoisotopic (exact) mass is 119 g/mol. The summed E-state index contributed by atoms with van der Waals surface area (Å²) in [6.45, 7) is 2.07. The van der Waals surface area contributed by atoms with Crippen LogP contribution >= 0.6 is 0 Å². The van der Waals surface area contributed by atoms with Gasteiger partial charge in [-0.25, -0.2) is 0 Å². The van der Waals surface area contributed by atoms with E-state index in [4.69, 9.17) is 16.7 Å². The molecule has 0 rings (SSSR count). The average molecular weight is 119 g/mol. The molecule has 0 saturated heterocycles. The van der Waals surface area contributed by atoms with E-state index in [1.807, 2.05) is 0 Å². The summed E-state index contributed by atoms with van der Waals surface area (Å²) in [5.41, 5.74) is 7.70. The minimum atomic E-state index is -0.494. The maximum absolute atomic E-state index is 8.73. The molecule has 2 unspecified atom stereocenters. The fourth-order valence-electron chi connectivity index (χ4n) is 0.307. The predicted molar refractivity (Wildman–Crippen MR) is 31.8 cm³/mol. The van der Waals surface area contributed by atoms with Crippen molar-refractivity contribution in [2.75, 3.05) is 6.54 Å². The average Bonchev–Trinajstić information content (AvgIpc) is 1.67. The van der Waals surface area contributed by atoms with Crippen LogP contribution in [0, 0.1) is 0 Å². The van der Waals surface area contributed by atoms with Crippen molar-refractivity contribution in [2.24, 2.45) is 11.6 Å². The van der Waals surface area contributed by atoms with Crippen molar-refractivity contribution >= 4 is 0 Å². The Morgan fingerprint density at radius 1 is 1.75 bits per heavy atom. The molecule has 0 aliphatic rings. The van der Waals surface area contributed by atoms with Crippen LogP contribution in [0.1, 0.15) is 6.92 Å². The Balaban J connectivity index is 3.17. The molecule has 0 bridgehead atoms. The van der Waals surface area contributed by atoms with Crippen LogP contribution in [0.5, 0.6) is 0 Å². The van der Waals surface area contributed by atoms with E-state index in [9.17, 15) is 0 Å². The van der Waals surface area contributed by atoms with Gasteiger partial charge in [0.25, 0.3) is 0 Å². The molecule has 50 valence electrons. The summed E-state index contributed by atoms with van der Waals surface area (Å²) in [6, 6.07) is -0.264. The van der Waals surface area contributed by atoms with Gasteiger partial charge in [-0.2, -0.15) is 0 Å². The number of hydrogen-bond acceptors (Lipinski definition) is 4. The van der Waals surface area contributed by atoms with Crippen LogP contribution in [0.4, 0.5) is 0 Å². The first-order valence-corrected chi connectivity index (χ1v) is 2.55. The smallest absolute Gasteiger partial charge is 0.0675 e. The lowest BCUT2D eigenvalue weighted by molar-refractivity contribution is 0.162. The summed E-state index contributed by atoms with van der Waals surface area (Å²) in [5.74, 6) is 4.93. The van der Waals surface area contributed by atoms with Gasteiger partial charge in [-0.05, 0) is 6.92 Å². The fourth-order valence-corrected chi connectivity index (χ4v) is 0.307. The molecule has 0 aliphatic heterocycles. The topological polar surface area (TPSA) is 84.3 Å². The van der Waals surface area contributed by atoms with Gasteiger partial charge in [-0.15, -0.1) is 0 Å². The maximum Gasteiger partial charge on any atom is 0.0675 e. The Morgan fingerprint density at radius 3 is 2.38 bits per heavy atom. The van der Waals surface area contributed by atoms with Gasteiger partial charge in [0.1, 0.15) is 0 Å². The third kappa shape index (κ3) is 2.92. The lowest BCUT2D eigenvalue weighted by Gasteiger charge is -2.12. The molecule has 4 heteroatoms. The summed E-state index contributed by atoms with van der Waals surface area (Å²) in [7, 11) is 0. The van der Waals surface area contributed by atoms with Gasteiger partial charge in [0.05, 0.1) is 6.10 Å².